The van der Waals surface area contributed by atoms with Crippen molar-refractivity contribution in [1.29, 1.82) is 0 Å². The average molecular weight is 294 g/mol. The molecule has 0 aromatic carbocycles. The highest BCUT2D eigenvalue weighted by Gasteiger charge is 2.26. The second-order valence-corrected chi connectivity index (χ2v) is 4.90. The third-order valence-electron chi connectivity index (χ3n) is 3.41. The van der Waals surface area contributed by atoms with E-state index in [0.29, 0.717) is 38.3 Å². The largest absolute Gasteiger partial charge is 0.393 e. The van der Waals surface area contributed by atoms with E-state index < -0.39 is 4.92 Å². The number of carbonyl (C=O) groups excluding carboxylic acids is 1. The van der Waals surface area contributed by atoms with Crippen molar-refractivity contribution in [2.75, 3.05) is 25.0 Å². The summed E-state index contributed by atoms with van der Waals surface area (Å²) in [6.07, 6.45) is 1.79. The van der Waals surface area contributed by atoms with Crippen LogP contribution in [0.3, 0.4) is 0 Å². The zero-order valence-corrected chi connectivity index (χ0v) is 11.8. The molecule has 0 spiro atoms. The highest BCUT2D eigenvalue weighted by molar-refractivity contribution is 5.99. The summed E-state index contributed by atoms with van der Waals surface area (Å²) < 4.78 is 0. The normalized spacial score (nSPS) is 15.8. The van der Waals surface area contributed by atoms with Crippen molar-refractivity contribution in [3.05, 3.63) is 27.9 Å². The number of nitrogens with one attached hydrogen (secondary N) is 1. The van der Waals surface area contributed by atoms with Gasteiger partial charge < -0.3 is 15.3 Å². The summed E-state index contributed by atoms with van der Waals surface area (Å²) in [7, 11) is 0. The molecule has 1 amide bonds. The van der Waals surface area contributed by atoms with Gasteiger partial charge in [0.2, 0.25) is 0 Å². The highest BCUT2D eigenvalue weighted by Crippen LogP contribution is 2.22. The molecule has 0 aliphatic carbocycles. The number of aliphatic hydroxyl groups is 1. The number of likely N-dealkylation sites (tertiary alicyclic amines) is 1. The Bertz CT molecular complexity index is 541. The maximum atomic E-state index is 12.5. The number of rotatable bonds is 4. The number of pyridine rings is 1. The van der Waals surface area contributed by atoms with Gasteiger partial charge in [-0.25, -0.2) is 4.98 Å². The molecule has 0 unspecified atom stereocenters. The van der Waals surface area contributed by atoms with Crippen LogP contribution < -0.4 is 5.32 Å². The predicted molar refractivity (Wildman–Crippen MR) is 76.2 cm³/mol. The van der Waals surface area contributed by atoms with Crippen LogP contribution in [0.4, 0.5) is 11.5 Å². The van der Waals surface area contributed by atoms with Gasteiger partial charge in [0.1, 0.15) is 12.0 Å². The van der Waals surface area contributed by atoms with Gasteiger partial charge in [-0.3, -0.25) is 14.9 Å². The Morgan fingerprint density at radius 3 is 2.81 bits per heavy atom. The Kier molecular flexibility index (Phi) is 4.69. The third kappa shape index (κ3) is 3.46. The lowest BCUT2D eigenvalue weighted by atomic mass is 10.1. The maximum Gasteiger partial charge on any atom is 0.288 e. The van der Waals surface area contributed by atoms with Crippen LogP contribution in [0.15, 0.2) is 12.3 Å². The summed E-state index contributed by atoms with van der Waals surface area (Å²) in [6.45, 7) is 3.29. The minimum atomic E-state index is -0.570. The second-order valence-electron chi connectivity index (χ2n) is 4.90. The highest BCUT2D eigenvalue weighted by atomic mass is 16.6. The first-order valence-electron chi connectivity index (χ1n) is 6.88. The van der Waals surface area contributed by atoms with E-state index in [1.54, 1.807) is 4.90 Å². The van der Waals surface area contributed by atoms with Crippen molar-refractivity contribution < 1.29 is 14.8 Å². The molecule has 2 heterocycles. The van der Waals surface area contributed by atoms with Crippen LogP contribution >= 0.6 is 0 Å². The van der Waals surface area contributed by atoms with Gasteiger partial charge in [-0.1, -0.05) is 0 Å². The topological polar surface area (TPSA) is 109 Å². The van der Waals surface area contributed by atoms with E-state index in [4.69, 9.17) is 0 Å². The van der Waals surface area contributed by atoms with Gasteiger partial charge in [0, 0.05) is 25.7 Å². The van der Waals surface area contributed by atoms with Crippen molar-refractivity contribution in [3.63, 3.8) is 0 Å². The fraction of sp³-hybridized carbons (Fsp3) is 0.538. The minimum absolute atomic E-state index is 0.197. The van der Waals surface area contributed by atoms with Crippen LogP contribution in [-0.2, 0) is 0 Å². The molecule has 0 atom stereocenters. The first-order valence-corrected chi connectivity index (χ1v) is 6.88. The Balaban J connectivity index is 2.28. The number of piperidine rings is 1. The Morgan fingerprint density at radius 1 is 1.57 bits per heavy atom. The van der Waals surface area contributed by atoms with Crippen molar-refractivity contribution in [3.8, 4) is 0 Å². The molecule has 21 heavy (non-hydrogen) atoms. The van der Waals surface area contributed by atoms with Crippen LogP contribution in [-0.4, -0.2) is 51.6 Å². The van der Waals surface area contributed by atoms with Gasteiger partial charge in [-0.05, 0) is 19.8 Å². The molecule has 0 radical (unpaired) electrons. The quantitative estimate of drug-likeness (QED) is 0.634. The lowest BCUT2D eigenvalue weighted by Gasteiger charge is -2.30. The van der Waals surface area contributed by atoms with Crippen LogP contribution in [0.5, 0.6) is 0 Å². The summed E-state index contributed by atoms with van der Waals surface area (Å²) in [4.78, 5) is 28.4. The number of nitrogens with zero attached hydrogens (tertiary/aromatic N) is 3. The van der Waals surface area contributed by atoms with E-state index in [0.717, 1.165) is 6.20 Å². The zero-order valence-electron chi connectivity index (χ0n) is 11.8. The summed E-state index contributed by atoms with van der Waals surface area (Å²) in [5, 5.41) is 23.3. The molecule has 8 nitrogen and oxygen atoms in total. The Hall–Kier alpha value is -2.22. The Labute approximate surface area is 121 Å². The average Bonchev–Trinajstić information content (AvgIpc) is 2.48. The molecule has 1 aromatic heterocycles. The number of amides is 1. The van der Waals surface area contributed by atoms with Crippen LogP contribution in [0, 0.1) is 10.1 Å². The number of hydrogen-bond acceptors (Lipinski definition) is 6. The summed E-state index contributed by atoms with van der Waals surface area (Å²) in [6, 6.07) is 1.25. The van der Waals surface area contributed by atoms with Gasteiger partial charge in [-0.2, -0.15) is 0 Å². The van der Waals surface area contributed by atoms with Gasteiger partial charge >= 0.3 is 0 Å². The molecule has 1 saturated heterocycles. The number of anilines is 1. The minimum Gasteiger partial charge on any atom is -0.393 e. The summed E-state index contributed by atoms with van der Waals surface area (Å²) >= 11 is 0. The van der Waals surface area contributed by atoms with Crippen LogP contribution in [0.1, 0.15) is 30.1 Å². The monoisotopic (exact) mass is 294 g/mol. The number of carbonyl (C=O) groups is 1. The lowest BCUT2D eigenvalue weighted by molar-refractivity contribution is -0.385. The first-order chi connectivity index (χ1) is 10.0. The molecular formula is C13H18N4O4. The summed E-state index contributed by atoms with van der Waals surface area (Å²) in [5.41, 5.74) is -0.0144. The summed E-state index contributed by atoms with van der Waals surface area (Å²) in [5.74, 6) is 0.0493. The van der Waals surface area contributed by atoms with E-state index in [9.17, 15) is 20.0 Å². The van der Waals surface area contributed by atoms with E-state index in [2.05, 4.69) is 10.3 Å². The predicted octanol–water partition coefficient (Wildman–Crippen LogP) is 1.02. The molecule has 0 saturated carbocycles. The molecular weight excluding hydrogens is 276 g/mol. The molecule has 1 aliphatic heterocycles. The van der Waals surface area contributed by atoms with Crippen molar-refractivity contribution in [1.82, 2.24) is 9.88 Å². The van der Waals surface area contributed by atoms with E-state index in [1.807, 2.05) is 6.92 Å². The SMILES string of the molecule is CCNc1ncc([N+](=O)[O-])cc1C(=O)N1CCC(O)CC1. The fourth-order valence-electron chi connectivity index (χ4n) is 2.26. The second kappa shape index (κ2) is 6.49. The molecule has 2 rings (SSSR count). The third-order valence-corrected chi connectivity index (χ3v) is 3.41. The Morgan fingerprint density at radius 2 is 2.24 bits per heavy atom. The number of aromatic nitrogens is 1. The van der Waals surface area contributed by atoms with Crippen molar-refractivity contribution >= 4 is 17.4 Å². The van der Waals surface area contributed by atoms with Crippen LogP contribution in [0.25, 0.3) is 0 Å². The standard InChI is InChI=1S/C13H18N4O4/c1-2-14-12-11(7-9(8-15-12)17(20)21)13(19)16-5-3-10(18)4-6-16/h7-8,10,18H,2-6H2,1H3,(H,14,15). The first kappa shape index (κ1) is 15.2. The number of hydrogen-bond donors (Lipinski definition) is 2. The lowest BCUT2D eigenvalue weighted by Crippen LogP contribution is -2.40. The van der Waals surface area contributed by atoms with Crippen LogP contribution in [0.2, 0.25) is 0 Å². The smallest absolute Gasteiger partial charge is 0.288 e. The fourth-order valence-corrected chi connectivity index (χ4v) is 2.26. The molecule has 1 aromatic rings. The molecule has 2 N–H and O–H groups in total. The van der Waals surface area contributed by atoms with E-state index in [1.165, 1.54) is 6.07 Å². The van der Waals surface area contributed by atoms with Gasteiger partial charge in [-0.15, -0.1) is 0 Å². The number of aliphatic hydroxyl groups excluding tert-OH is 1. The van der Waals surface area contributed by atoms with Crippen molar-refractivity contribution in [2.45, 2.75) is 25.9 Å². The molecule has 1 fully saturated rings. The van der Waals surface area contributed by atoms with Gasteiger partial charge in [0.05, 0.1) is 16.6 Å². The molecule has 8 heteroatoms. The number of nitro groups is 1. The zero-order chi connectivity index (χ0) is 15.4. The van der Waals surface area contributed by atoms with Crippen molar-refractivity contribution in [2.24, 2.45) is 0 Å². The van der Waals surface area contributed by atoms with Gasteiger partial charge in [0.25, 0.3) is 11.6 Å². The van der Waals surface area contributed by atoms with E-state index in [-0.39, 0.29) is 23.3 Å². The maximum absolute atomic E-state index is 12.5. The molecule has 114 valence electrons. The molecule has 1 aliphatic rings. The van der Waals surface area contributed by atoms with Gasteiger partial charge in [0.15, 0.2) is 0 Å². The van der Waals surface area contributed by atoms with E-state index >= 15 is 0 Å². The molecule has 0 bridgehead atoms.